The predicted octanol–water partition coefficient (Wildman–Crippen LogP) is 3.14. The number of rotatable bonds is 5. The molecule has 124 valence electrons. The van der Waals surface area contributed by atoms with Gasteiger partial charge in [-0.3, -0.25) is 19.7 Å². The molecule has 0 saturated carbocycles. The summed E-state index contributed by atoms with van der Waals surface area (Å²) in [4.78, 5) is 33.3. The zero-order chi connectivity index (χ0) is 17.7. The summed E-state index contributed by atoms with van der Waals surface area (Å²) in [6.07, 6.45) is 0. The van der Waals surface area contributed by atoms with Crippen LogP contribution in [0.15, 0.2) is 42.5 Å². The van der Waals surface area contributed by atoms with E-state index in [1.54, 1.807) is 24.3 Å². The highest BCUT2D eigenvalue weighted by Crippen LogP contribution is 2.27. The van der Waals surface area contributed by atoms with Crippen molar-refractivity contribution in [2.24, 2.45) is 0 Å². The van der Waals surface area contributed by atoms with Gasteiger partial charge >= 0.3 is 0 Å². The van der Waals surface area contributed by atoms with E-state index in [0.717, 1.165) is 5.56 Å². The molecule has 2 aromatic carbocycles. The highest BCUT2D eigenvalue weighted by Gasteiger charge is 2.14. The molecule has 0 radical (unpaired) electrons. The fourth-order valence-electron chi connectivity index (χ4n) is 1.93. The van der Waals surface area contributed by atoms with E-state index in [1.165, 1.54) is 25.1 Å². The largest absolute Gasteiger partial charge is 0.352 e. The van der Waals surface area contributed by atoms with Crippen molar-refractivity contribution < 1.29 is 14.5 Å². The zero-order valence-corrected chi connectivity index (χ0v) is 13.5. The Kier molecular flexibility index (Phi) is 5.49. The number of halogens is 1. The zero-order valence-electron chi connectivity index (χ0n) is 12.7. The summed E-state index contributed by atoms with van der Waals surface area (Å²) in [5, 5.41) is 16.1. The minimum absolute atomic E-state index is 0.000299. The van der Waals surface area contributed by atoms with E-state index in [9.17, 15) is 19.7 Å². The molecule has 0 saturated heterocycles. The summed E-state index contributed by atoms with van der Waals surface area (Å²) in [7, 11) is 0. The molecule has 0 aliphatic carbocycles. The third-order valence-corrected chi connectivity index (χ3v) is 3.48. The number of carbonyl (C=O) groups excluding carboxylic acids is 2. The number of nitrogens with one attached hydrogen (secondary N) is 2. The molecule has 2 aromatic rings. The summed E-state index contributed by atoms with van der Waals surface area (Å²) in [6.45, 7) is 1.80. The van der Waals surface area contributed by atoms with E-state index >= 15 is 0 Å². The third-order valence-electron chi connectivity index (χ3n) is 3.16. The first-order valence-electron chi connectivity index (χ1n) is 6.95. The molecule has 0 bridgehead atoms. The Bertz CT molecular complexity index is 790. The Morgan fingerprint density at radius 2 is 1.83 bits per heavy atom. The van der Waals surface area contributed by atoms with Crippen molar-refractivity contribution in [3.63, 3.8) is 0 Å². The van der Waals surface area contributed by atoms with E-state index in [-0.39, 0.29) is 22.3 Å². The first-order valence-corrected chi connectivity index (χ1v) is 7.33. The van der Waals surface area contributed by atoms with E-state index in [2.05, 4.69) is 10.6 Å². The number of hydrogen-bond acceptors (Lipinski definition) is 4. The lowest BCUT2D eigenvalue weighted by Gasteiger charge is -2.07. The standard InChI is InChI=1S/C16H14ClN3O4/c1-10(21)18-9-11-2-4-12(5-3-11)16(22)19-13-6-7-14(17)15(8-13)20(23)24/h2-8H,9H2,1H3,(H,18,21)(H,19,22). The normalized spacial score (nSPS) is 10.1. The van der Waals surface area contributed by atoms with Gasteiger partial charge in [-0.2, -0.15) is 0 Å². The topological polar surface area (TPSA) is 101 Å². The predicted molar refractivity (Wildman–Crippen MR) is 90.0 cm³/mol. The smallest absolute Gasteiger partial charge is 0.289 e. The Morgan fingerprint density at radius 3 is 2.42 bits per heavy atom. The SMILES string of the molecule is CC(=O)NCc1ccc(C(=O)Nc2ccc(Cl)c([N+](=O)[O-])c2)cc1. The van der Waals surface area contributed by atoms with Crippen molar-refractivity contribution in [2.45, 2.75) is 13.5 Å². The van der Waals surface area contributed by atoms with Gasteiger partial charge in [0, 0.05) is 30.8 Å². The van der Waals surface area contributed by atoms with Crippen molar-refractivity contribution in [3.05, 3.63) is 68.7 Å². The molecule has 8 heteroatoms. The lowest BCUT2D eigenvalue weighted by Crippen LogP contribution is -2.19. The van der Waals surface area contributed by atoms with Gasteiger partial charge in [0.2, 0.25) is 5.91 Å². The van der Waals surface area contributed by atoms with Crippen LogP contribution in [0.1, 0.15) is 22.8 Å². The average Bonchev–Trinajstić information content (AvgIpc) is 2.54. The maximum Gasteiger partial charge on any atom is 0.289 e. The van der Waals surface area contributed by atoms with Gasteiger partial charge in [0.15, 0.2) is 0 Å². The lowest BCUT2D eigenvalue weighted by molar-refractivity contribution is -0.384. The number of nitro benzene ring substituents is 1. The molecule has 0 aliphatic heterocycles. The highest BCUT2D eigenvalue weighted by atomic mass is 35.5. The first-order chi connectivity index (χ1) is 11.4. The second-order valence-corrected chi connectivity index (χ2v) is 5.39. The number of nitrogens with zero attached hydrogens (tertiary/aromatic N) is 1. The molecular weight excluding hydrogens is 334 g/mol. The monoisotopic (exact) mass is 347 g/mol. The second-order valence-electron chi connectivity index (χ2n) is 4.98. The summed E-state index contributed by atoms with van der Waals surface area (Å²) >= 11 is 5.73. The number of nitro groups is 1. The molecule has 2 rings (SSSR count). The number of hydrogen-bond donors (Lipinski definition) is 2. The Hall–Kier alpha value is -2.93. The summed E-state index contributed by atoms with van der Waals surface area (Å²) in [5.74, 6) is -0.543. The number of anilines is 1. The summed E-state index contributed by atoms with van der Waals surface area (Å²) in [6, 6.07) is 10.7. The van der Waals surface area contributed by atoms with Crippen LogP contribution in [0, 0.1) is 10.1 Å². The van der Waals surface area contributed by atoms with Crippen LogP contribution in [-0.4, -0.2) is 16.7 Å². The van der Waals surface area contributed by atoms with Gasteiger partial charge in [0.05, 0.1) is 4.92 Å². The van der Waals surface area contributed by atoms with Gasteiger partial charge in [-0.15, -0.1) is 0 Å². The number of benzene rings is 2. The van der Waals surface area contributed by atoms with Crippen LogP contribution < -0.4 is 10.6 Å². The van der Waals surface area contributed by atoms with Crippen LogP contribution in [-0.2, 0) is 11.3 Å². The van der Waals surface area contributed by atoms with Crippen LogP contribution in [0.3, 0.4) is 0 Å². The van der Waals surface area contributed by atoms with Gasteiger partial charge in [0.25, 0.3) is 11.6 Å². The maximum absolute atomic E-state index is 12.2. The van der Waals surface area contributed by atoms with Gasteiger partial charge in [0.1, 0.15) is 5.02 Å². The molecule has 0 heterocycles. The Morgan fingerprint density at radius 1 is 1.17 bits per heavy atom. The van der Waals surface area contributed by atoms with Gasteiger partial charge in [-0.1, -0.05) is 23.7 Å². The molecule has 0 aromatic heterocycles. The van der Waals surface area contributed by atoms with E-state index < -0.39 is 10.8 Å². The summed E-state index contributed by atoms with van der Waals surface area (Å²) < 4.78 is 0. The highest BCUT2D eigenvalue weighted by molar-refractivity contribution is 6.32. The van der Waals surface area contributed by atoms with E-state index in [1.807, 2.05) is 0 Å². The molecule has 7 nitrogen and oxygen atoms in total. The molecule has 0 unspecified atom stereocenters. The van der Waals surface area contributed by atoms with Crippen LogP contribution in [0.2, 0.25) is 5.02 Å². The van der Waals surface area contributed by atoms with Crippen molar-refractivity contribution in [3.8, 4) is 0 Å². The van der Waals surface area contributed by atoms with Gasteiger partial charge in [-0.05, 0) is 29.8 Å². The van der Waals surface area contributed by atoms with Crippen molar-refractivity contribution in [1.29, 1.82) is 0 Å². The number of amides is 2. The molecule has 0 atom stereocenters. The van der Waals surface area contributed by atoms with Crippen molar-refractivity contribution >= 4 is 34.8 Å². The molecule has 0 aliphatic rings. The minimum atomic E-state index is -0.616. The second kappa shape index (κ2) is 7.56. The Balaban J connectivity index is 2.08. The maximum atomic E-state index is 12.2. The van der Waals surface area contributed by atoms with Crippen molar-refractivity contribution in [2.75, 3.05) is 5.32 Å². The van der Waals surface area contributed by atoms with Crippen molar-refractivity contribution in [1.82, 2.24) is 5.32 Å². The van der Waals surface area contributed by atoms with Crippen LogP contribution >= 0.6 is 11.6 Å². The summed E-state index contributed by atoms with van der Waals surface area (Å²) in [5.41, 5.74) is 1.24. The fourth-order valence-corrected chi connectivity index (χ4v) is 2.12. The molecule has 0 spiro atoms. The van der Waals surface area contributed by atoms with E-state index in [0.29, 0.717) is 12.1 Å². The average molecular weight is 348 g/mol. The molecule has 24 heavy (non-hydrogen) atoms. The number of carbonyl (C=O) groups is 2. The molecule has 0 fully saturated rings. The first kappa shape index (κ1) is 17.4. The van der Waals surface area contributed by atoms with E-state index in [4.69, 9.17) is 11.6 Å². The fraction of sp³-hybridized carbons (Fsp3) is 0.125. The molecular formula is C16H14ClN3O4. The van der Waals surface area contributed by atoms with Crippen LogP contribution in [0.5, 0.6) is 0 Å². The van der Waals surface area contributed by atoms with Crippen LogP contribution in [0.25, 0.3) is 0 Å². The van der Waals surface area contributed by atoms with Gasteiger partial charge in [-0.25, -0.2) is 0 Å². The molecule has 2 amide bonds. The van der Waals surface area contributed by atoms with Gasteiger partial charge < -0.3 is 10.6 Å². The van der Waals surface area contributed by atoms with Crippen LogP contribution in [0.4, 0.5) is 11.4 Å². The Labute approximate surface area is 142 Å². The molecule has 2 N–H and O–H groups in total. The minimum Gasteiger partial charge on any atom is -0.352 e. The lowest BCUT2D eigenvalue weighted by atomic mass is 10.1. The third kappa shape index (κ3) is 4.53. The quantitative estimate of drug-likeness (QED) is 0.640.